The van der Waals surface area contributed by atoms with E-state index >= 15 is 0 Å². The van der Waals surface area contributed by atoms with Gasteiger partial charge >= 0.3 is 0 Å². The van der Waals surface area contributed by atoms with Gasteiger partial charge in [-0.25, -0.2) is 13.5 Å². The summed E-state index contributed by atoms with van der Waals surface area (Å²) in [6, 6.07) is 2.66. The lowest BCUT2D eigenvalue weighted by molar-refractivity contribution is -0.132. The number of pyridine rings is 1. The molecule has 3 rings (SSSR count). The number of nitrogens with zero attached hydrogens (tertiary/aromatic N) is 5. The Labute approximate surface area is 166 Å². The van der Waals surface area contributed by atoms with Crippen LogP contribution in [0.2, 0.25) is 0 Å². The topological polar surface area (TPSA) is 102 Å². The summed E-state index contributed by atoms with van der Waals surface area (Å²) in [5, 5.41) is 10.2. The fraction of sp³-hybridized carbons (Fsp3) is 0.500. The van der Waals surface area contributed by atoms with E-state index in [-0.39, 0.29) is 18.7 Å². The fourth-order valence-corrected chi connectivity index (χ4v) is 3.20. The quantitative estimate of drug-likeness (QED) is 0.640. The molecule has 11 heteroatoms. The van der Waals surface area contributed by atoms with E-state index in [1.165, 1.54) is 29.1 Å². The molecule has 1 aliphatic rings. The highest BCUT2D eigenvalue weighted by atomic mass is 19.3. The molecule has 0 aromatic carbocycles. The molecule has 1 N–H and O–H groups in total. The van der Waals surface area contributed by atoms with E-state index in [1.807, 2.05) is 0 Å². The van der Waals surface area contributed by atoms with Gasteiger partial charge in [0.15, 0.2) is 5.69 Å². The lowest BCUT2D eigenvalue weighted by Crippen LogP contribution is -2.39. The van der Waals surface area contributed by atoms with Gasteiger partial charge in [-0.15, -0.1) is 5.10 Å². The Balaban J connectivity index is 1.65. The lowest BCUT2D eigenvalue weighted by atomic mass is 10.1. The first-order chi connectivity index (χ1) is 13.9. The zero-order valence-corrected chi connectivity index (χ0v) is 15.9. The minimum atomic E-state index is -2.98. The van der Waals surface area contributed by atoms with Crippen LogP contribution in [0.4, 0.5) is 8.78 Å². The average Bonchev–Trinajstić information content (AvgIpc) is 3.27. The van der Waals surface area contributed by atoms with Crippen molar-refractivity contribution in [2.75, 3.05) is 26.8 Å². The van der Waals surface area contributed by atoms with Gasteiger partial charge in [0.25, 0.3) is 11.8 Å². The van der Waals surface area contributed by atoms with Crippen molar-refractivity contribution in [3.63, 3.8) is 0 Å². The number of aromatic nitrogens is 4. The van der Waals surface area contributed by atoms with E-state index in [4.69, 9.17) is 4.74 Å². The number of alkyl halides is 2. The van der Waals surface area contributed by atoms with Crippen molar-refractivity contribution in [2.45, 2.75) is 31.4 Å². The van der Waals surface area contributed by atoms with Crippen LogP contribution in [0.3, 0.4) is 0 Å². The molecule has 2 amide bonds. The van der Waals surface area contributed by atoms with Gasteiger partial charge in [0.1, 0.15) is 0 Å². The summed E-state index contributed by atoms with van der Waals surface area (Å²) in [6.45, 7) is 0.0429. The molecule has 0 saturated carbocycles. The first-order valence-electron chi connectivity index (χ1n) is 9.11. The molecule has 1 fully saturated rings. The van der Waals surface area contributed by atoms with E-state index in [0.717, 1.165) is 0 Å². The summed E-state index contributed by atoms with van der Waals surface area (Å²) in [4.78, 5) is 29.7. The Kier molecular flexibility index (Phi) is 6.47. The van der Waals surface area contributed by atoms with Crippen LogP contribution < -0.4 is 5.32 Å². The number of nitrogens with one attached hydrogen (secondary N) is 1. The number of ether oxygens (including phenoxy) is 1. The van der Waals surface area contributed by atoms with Crippen LogP contribution in [0.25, 0.3) is 0 Å². The first kappa shape index (κ1) is 20.8. The Morgan fingerprint density at radius 1 is 1.41 bits per heavy atom. The molecule has 156 valence electrons. The zero-order chi connectivity index (χ0) is 20.9. The largest absolute Gasteiger partial charge is 0.383 e. The van der Waals surface area contributed by atoms with E-state index in [1.54, 1.807) is 18.3 Å². The number of hydrogen-bond donors (Lipinski definition) is 1. The van der Waals surface area contributed by atoms with Gasteiger partial charge in [0.2, 0.25) is 5.91 Å². The molecule has 0 unspecified atom stereocenters. The van der Waals surface area contributed by atoms with Crippen molar-refractivity contribution in [3.8, 4) is 0 Å². The Morgan fingerprint density at radius 3 is 2.97 bits per heavy atom. The summed E-state index contributed by atoms with van der Waals surface area (Å²) >= 11 is 0. The molecule has 29 heavy (non-hydrogen) atoms. The van der Waals surface area contributed by atoms with Crippen LogP contribution in [-0.2, 0) is 22.5 Å². The van der Waals surface area contributed by atoms with Crippen molar-refractivity contribution >= 4 is 11.8 Å². The summed E-state index contributed by atoms with van der Waals surface area (Å²) in [5.74, 6) is -3.82. The lowest BCUT2D eigenvalue weighted by Gasteiger charge is -2.23. The molecule has 2 aromatic rings. The zero-order valence-electron chi connectivity index (χ0n) is 15.9. The number of amides is 2. The number of methoxy groups -OCH3 is 1. The standard InChI is InChI=1S/C18H22F2N6O3/c1-29-6-5-22-17(28)15-11-25(24-23-15)10-14-8-18(19,20)12-26(14)16(27)7-13-3-2-4-21-9-13/h2-4,9,11,14H,5-8,10,12H2,1H3,(H,22,28)/t14-/m0/s1. The summed E-state index contributed by atoms with van der Waals surface area (Å²) in [7, 11) is 1.52. The third kappa shape index (κ3) is 5.53. The first-order valence-corrected chi connectivity index (χ1v) is 9.11. The van der Waals surface area contributed by atoms with Crippen LogP contribution in [0.5, 0.6) is 0 Å². The molecule has 1 atom stereocenters. The average molecular weight is 408 g/mol. The van der Waals surface area contributed by atoms with Crippen LogP contribution in [0, 0.1) is 0 Å². The second-order valence-corrected chi connectivity index (χ2v) is 6.85. The molecule has 0 spiro atoms. The predicted molar refractivity (Wildman–Crippen MR) is 97.2 cm³/mol. The van der Waals surface area contributed by atoms with Crippen molar-refractivity contribution < 1.29 is 23.1 Å². The highest BCUT2D eigenvalue weighted by Crippen LogP contribution is 2.33. The van der Waals surface area contributed by atoms with Gasteiger partial charge in [-0.1, -0.05) is 11.3 Å². The van der Waals surface area contributed by atoms with Gasteiger partial charge in [-0.05, 0) is 11.6 Å². The predicted octanol–water partition coefficient (Wildman–Crippen LogP) is 0.528. The van der Waals surface area contributed by atoms with Gasteiger partial charge in [0.05, 0.1) is 38.4 Å². The van der Waals surface area contributed by atoms with Crippen molar-refractivity contribution in [3.05, 3.63) is 42.0 Å². The second kappa shape index (κ2) is 9.03. The van der Waals surface area contributed by atoms with Crippen LogP contribution in [0.1, 0.15) is 22.5 Å². The molecule has 1 aliphatic heterocycles. The van der Waals surface area contributed by atoms with Crippen molar-refractivity contribution in [1.29, 1.82) is 0 Å². The molecule has 3 heterocycles. The van der Waals surface area contributed by atoms with E-state index in [2.05, 4.69) is 20.6 Å². The van der Waals surface area contributed by atoms with Gasteiger partial charge < -0.3 is 15.0 Å². The van der Waals surface area contributed by atoms with E-state index in [9.17, 15) is 18.4 Å². The molecular formula is C18H22F2N6O3. The maximum Gasteiger partial charge on any atom is 0.273 e. The molecule has 0 bridgehead atoms. The molecule has 1 saturated heterocycles. The molecular weight excluding hydrogens is 386 g/mol. The second-order valence-electron chi connectivity index (χ2n) is 6.85. The van der Waals surface area contributed by atoms with Gasteiger partial charge in [-0.2, -0.15) is 0 Å². The highest BCUT2D eigenvalue weighted by molar-refractivity contribution is 5.91. The molecule has 0 aliphatic carbocycles. The van der Waals surface area contributed by atoms with Crippen molar-refractivity contribution in [1.82, 2.24) is 30.2 Å². The summed E-state index contributed by atoms with van der Waals surface area (Å²) in [5.41, 5.74) is 0.723. The Morgan fingerprint density at radius 2 is 2.24 bits per heavy atom. The van der Waals surface area contributed by atoms with Crippen LogP contribution in [0.15, 0.2) is 30.7 Å². The summed E-state index contributed by atoms with van der Waals surface area (Å²) < 4.78 is 34.2. The maximum atomic E-state index is 14.0. The third-order valence-corrected chi connectivity index (χ3v) is 4.54. The van der Waals surface area contributed by atoms with E-state index in [0.29, 0.717) is 18.7 Å². The number of likely N-dealkylation sites (tertiary alicyclic amines) is 1. The maximum absolute atomic E-state index is 14.0. The normalized spacial score (nSPS) is 18.0. The number of halogens is 2. The van der Waals surface area contributed by atoms with E-state index < -0.39 is 36.7 Å². The molecule has 9 nitrogen and oxygen atoms in total. The fourth-order valence-electron chi connectivity index (χ4n) is 3.20. The van der Waals surface area contributed by atoms with Crippen LogP contribution in [-0.4, -0.2) is 75.5 Å². The minimum Gasteiger partial charge on any atom is -0.383 e. The van der Waals surface area contributed by atoms with Gasteiger partial charge in [-0.3, -0.25) is 14.6 Å². The smallest absolute Gasteiger partial charge is 0.273 e. The highest BCUT2D eigenvalue weighted by Gasteiger charge is 2.47. The molecule has 0 radical (unpaired) electrons. The SMILES string of the molecule is COCCNC(=O)c1cn(C[C@@H]2CC(F)(F)CN2C(=O)Cc2cccnc2)nn1. The van der Waals surface area contributed by atoms with Crippen molar-refractivity contribution in [2.24, 2.45) is 0 Å². The minimum absolute atomic E-state index is 0.00900. The Hall–Kier alpha value is -2.95. The number of carbonyl (C=O) groups excluding carboxylic acids is 2. The Bertz CT molecular complexity index is 845. The van der Waals surface area contributed by atoms with Crippen LogP contribution >= 0.6 is 0 Å². The van der Waals surface area contributed by atoms with Gasteiger partial charge in [0, 0.05) is 32.5 Å². The molecule has 2 aromatic heterocycles. The number of carbonyl (C=O) groups is 2. The monoisotopic (exact) mass is 408 g/mol. The summed E-state index contributed by atoms with van der Waals surface area (Å²) in [6.07, 6.45) is 4.01. The number of rotatable bonds is 8. The number of hydrogen-bond acceptors (Lipinski definition) is 6. The third-order valence-electron chi connectivity index (χ3n) is 4.54.